The van der Waals surface area contributed by atoms with Crippen molar-refractivity contribution in [2.24, 2.45) is 5.92 Å². The molecule has 0 saturated carbocycles. The van der Waals surface area contributed by atoms with Crippen molar-refractivity contribution in [3.8, 4) is 0 Å². The molecule has 0 aromatic carbocycles. The van der Waals surface area contributed by atoms with Gasteiger partial charge in [-0.1, -0.05) is 52.9 Å². The molecule has 0 aliphatic carbocycles. The zero-order valence-corrected chi connectivity index (χ0v) is 17.3. The molecule has 2 atom stereocenters. The Morgan fingerprint density at radius 1 is 0.846 bits per heavy atom. The molecule has 4 nitrogen and oxygen atoms in total. The summed E-state index contributed by atoms with van der Waals surface area (Å²) in [5, 5.41) is 0. The van der Waals surface area contributed by atoms with Crippen molar-refractivity contribution in [2.75, 3.05) is 13.1 Å². The van der Waals surface area contributed by atoms with Crippen LogP contribution in [0.25, 0.3) is 0 Å². The average Bonchev–Trinajstić information content (AvgIpc) is 3.28. The Morgan fingerprint density at radius 3 is 1.88 bits per heavy atom. The first-order valence-electron chi connectivity index (χ1n) is 11.1. The Morgan fingerprint density at radius 2 is 1.35 bits per heavy atom. The van der Waals surface area contributed by atoms with Gasteiger partial charge in [0, 0.05) is 37.5 Å². The van der Waals surface area contributed by atoms with Gasteiger partial charge in [-0.2, -0.15) is 0 Å². The number of hydrogen-bond acceptors (Lipinski definition) is 2. The van der Waals surface area contributed by atoms with E-state index in [1.54, 1.807) is 0 Å². The van der Waals surface area contributed by atoms with Crippen molar-refractivity contribution >= 4 is 11.8 Å². The molecule has 0 bridgehead atoms. The van der Waals surface area contributed by atoms with Crippen LogP contribution < -0.4 is 0 Å². The van der Waals surface area contributed by atoms with Crippen LogP contribution >= 0.6 is 0 Å². The van der Waals surface area contributed by atoms with Gasteiger partial charge in [0.25, 0.3) is 0 Å². The zero-order valence-electron chi connectivity index (χ0n) is 17.3. The number of hydrogen-bond donors (Lipinski definition) is 0. The lowest BCUT2D eigenvalue weighted by atomic mass is 10.0. The lowest BCUT2D eigenvalue weighted by Gasteiger charge is -2.26. The number of amides is 2. The Kier molecular flexibility index (Phi) is 8.94. The summed E-state index contributed by atoms with van der Waals surface area (Å²) in [6.45, 7) is 7.94. The first-order chi connectivity index (χ1) is 12.5. The van der Waals surface area contributed by atoms with Crippen molar-refractivity contribution in [3.63, 3.8) is 0 Å². The Balaban J connectivity index is 1.54. The van der Waals surface area contributed by atoms with Gasteiger partial charge in [-0.15, -0.1) is 0 Å². The van der Waals surface area contributed by atoms with Crippen molar-refractivity contribution in [1.82, 2.24) is 9.80 Å². The third-order valence-corrected chi connectivity index (χ3v) is 6.23. The topological polar surface area (TPSA) is 40.6 Å². The van der Waals surface area contributed by atoms with Crippen molar-refractivity contribution in [2.45, 2.75) is 110 Å². The standard InChI is InChI=1S/C22H40N2O2/c1-4-21(25)23-16-10-14-19(23)12-8-6-5-7-9-13-20-15-11-17-24(20)22(26)18(2)3/h18-20H,4-17H2,1-3H3. The minimum atomic E-state index is 0.130. The normalized spacial score (nSPS) is 23.2. The second kappa shape index (κ2) is 10.9. The third-order valence-electron chi connectivity index (χ3n) is 6.23. The van der Waals surface area contributed by atoms with E-state index in [4.69, 9.17) is 0 Å². The van der Waals surface area contributed by atoms with Gasteiger partial charge in [0.15, 0.2) is 0 Å². The summed E-state index contributed by atoms with van der Waals surface area (Å²) in [5.74, 6) is 0.810. The molecule has 2 heterocycles. The van der Waals surface area contributed by atoms with E-state index in [2.05, 4.69) is 9.80 Å². The van der Waals surface area contributed by atoms with E-state index < -0.39 is 0 Å². The molecule has 4 heteroatoms. The first kappa shape index (κ1) is 21.2. The molecule has 2 fully saturated rings. The van der Waals surface area contributed by atoms with Crippen LogP contribution in [-0.4, -0.2) is 46.8 Å². The summed E-state index contributed by atoms with van der Waals surface area (Å²) in [6.07, 6.45) is 14.1. The second-order valence-electron chi connectivity index (χ2n) is 8.56. The SMILES string of the molecule is CCC(=O)N1CCCC1CCCCCCCC1CCCN1C(=O)C(C)C. The molecular weight excluding hydrogens is 324 g/mol. The molecule has 2 saturated heterocycles. The molecule has 2 aliphatic heterocycles. The minimum absolute atomic E-state index is 0.130. The van der Waals surface area contributed by atoms with Crippen molar-refractivity contribution in [3.05, 3.63) is 0 Å². The molecule has 0 spiro atoms. The molecule has 0 aromatic rings. The van der Waals surface area contributed by atoms with E-state index in [1.165, 1.54) is 70.6 Å². The number of carbonyl (C=O) groups excluding carboxylic acids is 2. The van der Waals surface area contributed by atoms with Gasteiger partial charge < -0.3 is 9.80 Å². The summed E-state index contributed by atoms with van der Waals surface area (Å²) < 4.78 is 0. The highest BCUT2D eigenvalue weighted by Gasteiger charge is 2.29. The fourth-order valence-electron chi connectivity index (χ4n) is 4.72. The number of carbonyl (C=O) groups is 2. The Hall–Kier alpha value is -1.06. The number of unbranched alkanes of at least 4 members (excludes halogenated alkanes) is 4. The molecule has 2 amide bonds. The van der Waals surface area contributed by atoms with Gasteiger partial charge in [-0.05, 0) is 38.5 Å². The summed E-state index contributed by atoms with van der Waals surface area (Å²) in [7, 11) is 0. The Bertz CT molecular complexity index is 449. The van der Waals surface area contributed by atoms with Gasteiger partial charge >= 0.3 is 0 Å². The van der Waals surface area contributed by atoms with E-state index in [-0.39, 0.29) is 5.92 Å². The molecule has 26 heavy (non-hydrogen) atoms. The fourth-order valence-corrected chi connectivity index (χ4v) is 4.72. The number of likely N-dealkylation sites (tertiary alicyclic amines) is 2. The highest BCUT2D eigenvalue weighted by atomic mass is 16.2. The summed E-state index contributed by atoms with van der Waals surface area (Å²) in [4.78, 5) is 28.5. The average molecular weight is 365 g/mol. The molecule has 150 valence electrons. The lowest BCUT2D eigenvalue weighted by Crippen LogP contribution is -2.38. The van der Waals surface area contributed by atoms with E-state index in [0.717, 1.165) is 13.1 Å². The smallest absolute Gasteiger partial charge is 0.225 e. The van der Waals surface area contributed by atoms with Crippen LogP contribution in [0.5, 0.6) is 0 Å². The molecule has 0 radical (unpaired) electrons. The fraction of sp³-hybridized carbons (Fsp3) is 0.909. The van der Waals surface area contributed by atoms with Crippen LogP contribution in [0.4, 0.5) is 0 Å². The van der Waals surface area contributed by atoms with Crippen LogP contribution in [0.2, 0.25) is 0 Å². The van der Waals surface area contributed by atoms with Gasteiger partial charge in [0.1, 0.15) is 0 Å². The molecule has 2 aliphatic rings. The van der Waals surface area contributed by atoms with E-state index >= 15 is 0 Å². The summed E-state index contributed by atoms with van der Waals surface area (Å²) in [6, 6.07) is 1.01. The molecule has 0 aromatic heterocycles. The van der Waals surface area contributed by atoms with E-state index in [1.807, 2.05) is 20.8 Å². The second-order valence-corrected chi connectivity index (χ2v) is 8.56. The quantitative estimate of drug-likeness (QED) is 0.524. The highest BCUT2D eigenvalue weighted by Crippen LogP contribution is 2.25. The van der Waals surface area contributed by atoms with E-state index in [0.29, 0.717) is 30.3 Å². The van der Waals surface area contributed by atoms with Gasteiger partial charge in [-0.25, -0.2) is 0 Å². The summed E-state index contributed by atoms with van der Waals surface area (Å²) in [5.41, 5.74) is 0. The predicted octanol–water partition coefficient (Wildman–Crippen LogP) is 4.77. The monoisotopic (exact) mass is 364 g/mol. The van der Waals surface area contributed by atoms with Crippen LogP contribution in [-0.2, 0) is 9.59 Å². The van der Waals surface area contributed by atoms with Gasteiger partial charge in [0.05, 0.1) is 0 Å². The number of nitrogens with zero attached hydrogens (tertiary/aromatic N) is 2. The first-order valence-corrected chi connectivity index (χ1v) is 11.1. The van der Waals surface area contributed by atoms with Crippen LogP contribution in [0.1, 0.15) is 97.8 Å². The van der Waals surface area contributed by atoms with E-state index in [9.17, 15) is 9.59 Å². The van der Waals surface area contributed by atoms with Gasteiger partial charge in [-0.3, -0.25) is 9.59 Å². The summed E-state index contributed by atoms with van der Waals surface area (Å²) >= 11 is 0. The molecule has 2 unspecified atom stereocenters. The maximum absolute atomic E-state index is 12.2. The molecule has 0 N–H and O–H groups in total. The minimum Gasteiger partial charge on any atom is -0.340 e. The van der Waals surface area contributed by atoms with Crippen LogP contribution in [0, 0.1) is 5.92 Å². The highest BCUT2D eigenvalue weighted by molar-refractivity contribution is 5.78. The van der Waals surface area contributed by atoms with Crippen LogP contribution in [0.15, 0.2) is 0 Å². The molecular formula is C22H40N2O2. The maximum atomic E-state index is 12.2. The van der Waals surface area contributed by atoms with Crippen molar-refractivity contribution in [1.29, 1.82) is 0 Å². The lowest BCUT2D eigenvalue weighted by molar-refractivity contribution is -0.135. The largest absolute Gasteiger partial charge is 0.340 e. The maximum Gasteiger partial charge on any atom is 0.225 e. The number of rotatable bonds is 10. The third kappa shape index (κ3) is 5.99. The van der Waals surface area contributed by atoms with Crippen LogP contribution in [0.3, 0.4) is 0 Å². The molecule has 2 rings (SSSR count). The predicted molar refractivity (Wildman–Crippen MR) is 107 cm³/mol. The van der Waals surface area contributed by atoms with Crippen molar-refractivity contribution < 1.29 is 9.59 Å². The van der Waals surface area contributed by atoms with Gasteiger partial charge in [0.2, 0.25) is 11.8 Å². The zero-order chi connectivity index (χ0) is 18.9. The Labute approximate surface area is 160 Å².